The summed E-state index contributed by atoms with van der Waals surface area (Å²) in [5.41, 5.74) is 1.92. The summed E-state index contributed by atoms with van der Waals surface area (Å²) in [6.45, 7) is 8.49. The van der Waals surface area contributed by atoms with Crippen LogP contribution in [-0.2, 0) is 4.74 Å². The number of ether oxygens (including phenoxy) is 2. The smallest absolute Gasteiger partial charge is 0.289 e. The fourth-order valence-corrected chi connectivity index (χ4v) is 3.47. The van der Waals surface area contributed by atoms with E-state index in [1.165, 1.54) is 32.4 Å². The molecule has 0 spiro atoms. The average molecular weight is 370 g/mol. The van der Waals surface area contributed by atoms with E-state index in [1.807, 2.05) is 24.4 Å². The van der Waals surface area contributed by atoms with Gasteiger partial charge >= 0.3 is 0 Å². The minimum Gasteiger partial charge on any atom is -0.497 e. The van der Waals surface area contributed by atoms with E-state index in [4.69, 9.17) is 9.47 Å². The average Bonchev–Trinajstić information content (AvgIpc) is 3.14. The first-order valence-corrected chi connectivity index (χ1v) is 9.66. The number of piperidine rings is 1. The number of nitrogens with zero attached hydrogens (tertiary/aromatic N) is 2. The maximum absolute atomic E-state index is 5.89. The lowest BCUT2D eigenvalue weighted by atomic mass is 10.1. The van der Waals surface area contributed by atoms with Crippen molar-refractivity contribution in [3.8, 4) is 5.75 Å². The zero-order valence-electron chi connectivity index (χ0n) is 16.4. The summed E-state index contributed by atoms with van der Waals surface area (Å²) in [6.07, 6.45) is 6.99. The van der Waals surface area contributed by atoms with Gasteiger partial charge in [0.25, 0.3) is 6.02 Å². The molecule has 6 heteroatoms. The van der Waals surface area contributed by atoms with Crippen molar-refractivity contribution in [2.75, 3.05) is 40.3 Å². The number of fused-ring (bicyclic) bond motifs is 1. The lowest BCUT2D eigenvalue weighted by Crippen LogP contribution is -2.33. The molecule has 0 atom stereocenters. The molecule has 0 saturated carbocycles. The van der Waals surface area contributed by atoms with Crippen LogP contribution in [0.3, 0.4) is 0 Å². The van der Waals surface area contributed by atoms with E-state index in [-0.39, 0.29) is 0 Å². The summed E-state index contributed by atoms with van der Waals surface area (Å²) in [7, 11) is 3.38. The number of aliphatic imine (C=N–C) groups is 1. The predicted molar refractivity (Wildman–Crippen MR) is 111 cm³/mol. The van der Waals surface area contributed by atoms with Crippen molar-refractivity contribution in [1.29, 1.82) is 0 Å². The quantitative estimate of drug-likeness (QED) is 0.338. The van der Waals surface area contributed by atoms with E-state index in [0.717, 1.165) is 41.7 Å². The molecular formula is C21H30N4O2. The highest BCUT2D eigenvalue weighted by atomic mass is 16.5. The fraction of sp³-hybridized carbons (Fsp3) is 0.476. The minimum atomic E-state index is 0.496. The van der Waals surface area contributed by atoms with Gasteiger partial charge in [-0.15, -0.1) is 0 Å². The van der Waals surface area contributed by atoms with Crippen molar-refractivity contribution in [3.05, 3.63) is 36.5 Å². The van der Waals surface area contributed by atoms with Crippen molar-refractivity contribution >= 4 is 22.7 Å². The number of aromatic amines is 1. The Bertz CT molecular complexity index is 791. The molecule has 1 aliphatic heterocycles. The van der Waals surface area contributed by atoms with Gasteiger partial charge in [0.2, 0.25) is 0 Å². The molecule has 0 amide bonds. The third-order valence-corrected chi connectivity index (χ3v) is 4.99. The van der Waals surface area contributed by atoms with Gasteiger partial charge in [-0.25, -0.2) is 4.99 Å². The minimum absolute atomic E-state index is 0.496. The zero-order chi connectivity index (χ0) is 19.1. The summed E-state index contributed by atoms with van der Waals surface area (Å²) < 4.78 is 11.2. The van der Waals surface area contributed by atoms with Crippen LogP contribution in [0.1, 0.15) is 31.2 Å². The molecule has 1 aliphatic rings. The first-order chi connectivity index (χ1) is 13.2. The molecule has 27 heavy (non-hydrogen) atoms. The van der Waals surface area contributed by atoms with Crippen LogP contribution in [0.15, 0.2) is 36.0 Å². The summed E-state index contributed by atoms with van der Waals surface area (Å²) in [6, 6.07) is 6.38. The number of benzene rings is 1. The highest BCUT2D eigenvalue weighted by Crippen LogP contribution is 2.28. The van der Waals surface area contributed by atoms with Crippen LogP contribution in [0.2, 0.25) is 0 Å². The number of amidine groups is 1. The topological polar surface area (TPSA) is 61.9 Å². The van der Waals surface area contributed by atoms with Crippen LogP contribution in [0.25, 0.3) is 16.7 Å². The number of H-pyrrole nitrogens is 1. The number of hydrogen-bond acceptors (Lipinski definition) is 4. The number of aromatic nitrogens is 1. The van der Waals surface area contributed by atoms with E-state index in [2.05, 4.69) is 26.8 Å². The molecule has 146 valence electrons. The number of likely N-dealkylation sites (tertiary alicyclic amines) is 1. The first kappa shape index (κ1) is 19.3. The van der Waals surface area contributed by atoms with Crippen molar-refractivity contribution in [1.82, 2.24) is 15.2 Å². The SMILES string of the molecule is C=C(OC(=NC)NCCCN1CCCCC1)c1c[nH]c2ccc(OC)cc12. The lowest BCUT2D eigenvalue weighted by Gasteiger charge is -2.26. The lowest BCUT2D eigenvalue weighted by molar-refractivity contribution is 0.226. The summed E-state index contributed by atoms with van der Waals surface area (Å²) in [4.78, 5) is 9.98. The molecule has 2 N–H and O–H groups in total. The van der Waals surface area contributed by atoms with Crippen molar-refractivity contribution in [2.24, 2.45) is 4.99 Å². The molecule has 2 heterocycles. The second-order valence-corrected chi connectivity index (χ2v) is 6.85. The van der Waals surface area contributed by atoms with E-state index in [9.17, 15) is 0 Å². The van der Waals surface area contributed by atoms with Gasteiger partial charge in [0.1, 0.15) is 11.5 Å². The van der Waals surface area contributed by atoms with Crippen LogP contribution in [0, 0.1) is 0 Å². The van der Waals surface area contributed by atoms with Gasteiger partial charge in [0.05, 0.1) is 7.11 Å². The molecule has 1 aromatic heterocycles. The Kier molecular flexibility index (Phi) is 6.76. The highest BCUT2D eigenvalue weighted by molar-refractivity contribution is 5.93. The molecule has 0 radical (unpaired) electrons. The third kappa shape index (κ3) is 5.04. The van der Waals surface area contributed by atoms with Gasteiger partial charge in [0.15, 0.2) is 0 Å². The van der Waals surface area contributed by atoms with Crippen LogP contribution in [-0.4, -0.2) is 56.2 Å². The van der Waals surface area contributed by atoms with Crippen LogP contribution in [0.4, 0.5) is 0 Å². The van der Waals surface area contributed by atoms with Crippen LogP contribution in [0.5, 0.6) is 5.75 Å². The van der Waals surface area contributed by atoms with E-state index in [1.54, 1.807) is 14.2 Å². The van der Waals surface area contributed by atoms with Gasteiger partial charge < -0.3 is 24.7 Å². The number of nitrogens with one attached hydrogen (secondary N) is 2. The summed E-state index contributed by atoms with van der Waals surface area (Å²) >= 11 is 0. The Hall–Kier alpha value is -2.47. The molecule has 2 aromatic rings. The maximum Gasteiger partial charge on any atom is 0.289 e. The largest absolute Gasteiger partial charge is 0.497 e. The van der Waals surface area contributed by atoms with Gasteiger partial charge in [-0.3, -0.25) is 0 Å². The molecule has 0 bridgehead atoms. The summed E-state index contributed by atoms with van der Waals surface area (Å²) in [5, 5.41) is 4.29. The van der Waals surface area contributed by atoms with E-state index >= 15 is 0 Å². The monoisotopic (exact) mass is 370 g/mol. The van der Waals surface area contributed by atoms with Gasteiger partial charge in [-0.05, 0) is 57.1 Å². The molecule has 1 fully saturated rings. The Labute approximate surface area is 161 Å². The Morgan fingerprint density at radius 1 is 1.30 bits per heavy atom. The molecule has 6 nitrogen and oxygen atoms in total. The first-order valence-electron chi connectivity index (χ1n) is 9.66. The molecule has 3 rings (SSSR count). The fourth-order valence-electron chi connectivity index (χ4n) is 3.47. The Morgan fingerprint density at radius 3 is 2.85 bits per heavy atom. The van der Waals surface area contributed by atoms with Gasteiger partial charge in [-0.1, -0.05) is 13.0 Å². The molecule has 1 aromatic carbocycles. The highest BCUT2D eigenvalue weighted by Gasteiger charge is 2.12. The Morgan fingerprint density at radius 2 is 2.11 bits per heavy atom. The Balaban J connectivity index is 1.52. The maximum atomic E-state index is 5.89. The van der Waals surface area contributed by atoms with Gasteiger partial charge in [0, 0.05) is 36.3 Å². The molecular weight excluding hydrogens is 340 g/mol. The van der Waals surface area contributed by atoms with Crippen molar-refractivity contribution < 1.29 is 9.47 Å². The number of methoxy groups -OCH3 is 1. The van der Waals surface area contributed by atoms with E-state index < -0.39 is 0 Å². The van der Waals surface area contributed by atoms with Crippen LogP contribution < -0.4 is 10.1 Å². The van der Waals surface area contributed by atoms with Crippen molar-refractivity contribution in [3.63, 3.8) is 0 Å². The third-order valence-electron chi connectivity index (χ3n) is 4.99. The van der Waals surface area contributed by atoms with Crippen LogP contribution >= 0.6 is 0 Å². The standard InChI is InChI=1S/C21H30N4O2/c1-16(19-15-24-20-9-8-17(26-3)14-18(19)20)27-21(22-2)23-10-7-13-25-11-5-4-6-12-25/h8-9,14-15,24H,1,4-7,10-13H2,2-3H3,(H,22,23). The number of hydrogen-bond donors (Lipinski definition) is 2. The van der Waals surface area contributed by atoms with Gasteiger partial charge in [-0.2, -0.15) is 0 Å². The summed E-state index contributed by atoms with van der Waals surface area (Å²) in [5.74, 6) is 1.36. The normalized spacial score (nSPS) is 15.7. The molecule has 0 unspecified atom stereocenters. The van der Waals surface area contributed by atoms with Crippen molar-refractivity contribution in [2.45, 2.75) is 25.7 Å². The second kappa shape index (κ2) is 9.46. The van der Waals surface area contributed by atoms with E-state index in [0.29, 0.717) is 11.8 Å². The molecule has 1 saturated heterocycles. The second-order valence-electron chi connectivity index (χ2n) is 6.85. The zero-order valence-corrected chi connectivity index (χ0v) is 16.4. The molecule has 0 aliphatic carbocycles. The predicted octanol–water partition coefficient (Wildman–Crippen LogP) is 3.62. The number of rotatable bonds is 7.